The predicted molar refractivity (Wildman–Crippen MR) is 104 cm³/mol. The van der Waals surface area contributed by atoms with Crippen molar-refractivity contribution in [1.29, 1.82) is 0 Å². The summed E-state index contributed by atoms with van der Waals surface area (Å²) in [4.78, 5) is 24.0. The number of carbonyl (C=O) groups excluding carboxylic acids is 1. The van der Waals surface area contributed by atoms with Gasteiger partial charge in [0.2, 0.25) is 11.8 Å². The molecule has 0 aromatic carbocycles. The van der Waals surface area contributed by atoms with E-state index in [1.807, 2.05) is 19.9 Å². The van der Waals surface area contributed by atoms with Gasteiger partial charge in [-0.25, -0.2) is 19.7 Å². The van der Waals surface area contributed by atoms with Gasteiger partial charge in [0.15, 0.2) is 0 Å². The molecular weight excluding hydrogens is 346 g/mol. The number of aromatic nitrogens is 3. The summed E-state index contributed by atoms with van der Waals surface area (Å²) in [5, 5.41) is 2.44. The van der Waals surface area contributed by atoms with Crippen molar-refractivity contribution >= 4 is 12.0 Å². The van der Waals surface area contributed by atoms with Crippen LogP contribution in [0.3, 0.4) is 0 Å². The number of anilines is 1. The first-order valence-corrected chi connectivity index (χ1v) is 8.77. The molecular formula is C19H27N5O3. The van der Waals surface area contributed by atoms with Crippen molar-refractivity contribution in [3.05, 3.63) is 30.1 Å². The number of nitrogens with one attached hydrogen (secondary N) is 1. The first-order valence-electron chi connectivity index (χ1n) is 8.77. The van der Waals surface area contributed by atoms with E-state index in [0.29, 0.717) is 24.1 Å². The second-order valence-corrected chi connectivity index (χ2v) is 7.27. The lowest BCUT2D eigenvalue weighted by Gasteiger charge is -2.26. The quantitative estimate of drug-likeness (QED) is 0.766. The van der Waals surface area contributed by atoms with Gasteiger partial charge in [0, 0.05) is 29.1 Å². The Morgan fingerprint density at radius 1 is 1.37 bits per heavy atom. The predicted octanol–water partition coefficient (Wildman–Crippen LogP) is 3.17. The number of rotatable bonds is 7. The third-order valence-electron chi connectivity index (χ3n) is 3.79. The van der Waals surface area contributed by atoms with Crippen LogP contribution in [0.25, 0.3) is 11.3 Å². The second kappa shape index (κ2) is 8.77. The van der Waals surface area contributed by atoms with Crippen LogP contribution >= 0.6 is 0 Å². The van der Waals surface area contributed by atoms with Gasteiger partial charge in [0.25, 0.3) is 0 Å². The topological polar surface area (TPSA) is 112 Å². The van der Waals surface area contributed by atoms with Crippen LogP contribution < -0.4 is 15.8 Å². The summed E-state index contributed by atoms with van der Waals surface area (Å²) in [5.41, 5.74) is 8.16. The fourth-order valence-corrected chi connectivity index (χ4v) is 2.80. The van der Waals surface area contributed by atoms with Gasteiger partial charge < -0.3 is 15.2 Å². The number of pyridine rings is 1. The van der Waals surface area contributed by atoms with Gasteiger partial charge in [-0.3, -0.25) is 5.32 Å². The van der Waals surface area contributed by atoms with Crippen molar-refractivity contribution in [3.8, 4) is 17.1 Å². The van der Waals surface area contributed by atoms with Gasteiger partial charge in [-0.2, -0.15) is 0 Å². The summed E-state index contributed by atoms with van der Waals surface area (Å²) in [5.74, 6) is 1.19. The standard InChI is InChI=1S/C19H27N5O3/c1-12(2)9-19(4,20)11-27-16-13(3)8-14(10-22-16)15-6-7-21-17(23-15)24-18(25)26-5/h6-8,10,12H,9,11,20H2,1-5H3,(H,21,23,24,25). The summed E-state index contributed by atoms with van der Waals surface area (Å²) < 4.78 is 10.4. The number of hydrogen-bond donors (Lipinski definition) is 2. The molecule has 0 bridgehead atoms. The van der Waals surface area contributed by atoms with E-state index in [1.54, 1.807) is 18.5 Å². The molecule has 0 radical (unpaired) electrons. The van der Waals surface area contributed by atoms with Crippen LogP contribution in [0.1, 0.15) is 32.8 Å². The van der Waals surface area contributed by atoms with Gasteiger partial charge >= 0.3 is 6.09 Å². The van der Waals surface area contributed by atoms with Crippen LogP contribution in [0, 0.1) is 12.8 Å². The highest BCUT2D eigenvalue weighted by Gasteiger charge is 2.21. The van der Waals surface area contributed by atoms with E-state index in [0.717, 1.165) is 17.5 Å². The number of aryl methyl sites for hydroxylation is 1. The van der Waals surface area contributed by atoms with Crippen LogP contribution in [0.15, 0.2) is 24.5 Å². The van der Waals surface area contributed by atoms with E-state index in [-0.39, 0.29) is 5.95 Å². The normalized spacial score (nSPS) is 13.1. The first kappa shape index (κ1) is 20.6. The zero-order valence-corrected chi connectivity index (χ0v) is 16.4. The fraction of sp³-hybridized carbons (Fsp3) is 0.474. The smallest absolute Gasteiger partial charge is 0.413 e. The lowest BCUT2D eigenvalue weighted by atomic mass is 9.93. The Morgan fingerprint density at radius 3 is 2.74 bits per heavy atom. The van der Waals surface area contributed by atoms with Gasteiger partial charge in [0.05, 0.1) is 12.8 Å². The Morgan fingerprint density at radius 2 is 2.11 bits per heavy atom. The highest BCUT2D eigenvalue weighted by atomic mass is 16.5. The summed E-state index contributed by atoms with van der Waals surface area (Å²) in [6.45, 7) is 8.55. The molecule has 27 heavy (non-hydrogen) atoms. The zero-order valence-electron chi connectivity index (χ0n) is 16.4. The number of amides is 1. The van der Waals surface area contributed by atoms with Crippen molar-refractivity contribution in [2.24, 2.45) is 11.7 Å². The molecule has 1 amide bonds. The lowest BCUT2D eigenvalue weighted by Crippen LogP contribution is -2.43. The Hall–Kier alpha value is -2.74. The molecule has 2 heterocycles. The summed E-state index contributed by atoms with van der Waals surface area (Å²) in [6, 6.07) is 3.65. The minimum atomic E-state index is -0.628. The number of carbonyl (C=O) groups is 1. The third-order valence-corrected chi connectivity index (χ3v) is 3.79. The monoisotopic (exact) mass is 373 g/mol. The van der Waals surface area contributed by atoms with E-state index in [2.05, 4.69) is 38.9 Å². The number of nitrogens with zero attached hydrogens (tertiary/aromatic N) is 3. The van der Waals surface area contributed by atoms with Crippen molar-refractivity contribution < 1.29 is 14.3 Å². The molecule has 0 aliphatic carbocycles. The molecule has 0 aliphatic rings. The molecule has 146 valence electrons. The molecule has 2 aromatic heterocycles. The molecule has 0 fully saturated rings. The molecule has 2 aromatic rings. The molecule has 0 spiro atoms. The van der Waals surface area contributed by atoms with Gasteiger partial charge in [-0.05, 0) is 38.3 Å². The second-order valence-electron chi connectivity index (χ2n) is 7.27. The zero-order chi connectivity index (χ0) is 20.0. The average Bonchev–Trinajstić information content (AvgIpc) is 2.59. The molecule has 8 heteroatoms. The first-order chi connectivity index (χ1) is 12.7. The van der Waals surface area contributed by atoms with E-state index >= 15 is 0 Å². The number of nitrogens with two attached hydrogens (primary N) is 1. The third kappa shape index (κ3) is 6.18. The van der Waals surface area contributed by atoms with E-state index in [1.165, 1.54) is 7.11 Å². The molecule has 8 nitrogen and oxygen atoms in total. The molecule has 1 atom stereocenters. The highest BCUT2D eigenvalue weighted by Crippen LogP contribution is 2.24. The lowest BCUT2D eigenvalue weighted by molar-refractivity contribution is 0.186. The van der Waals surface area contributed by atoms with Gasteiger partial charge in [-0.1, -0.05) is 13.8 Å². The average molecular weight is 373 g/mol. The summed E-state index contributed by atoms with van der Waals surface area (Å²) in [7, 11) is 1.28. The largest absolute Gasteiger partial charge is 0.476 e. The Bertz CT molecular complexity index is 793. The SMILES string of the molecule is COC(=O)Nc1nccc(-c2cnc(OCC(C)(N)CC(C)C)c(C)c2)n1. The fourth-order valence-electron chi connectivity index (χ4n) is 2.80. The van der Waals surface area contributed by atoms with Gasteiger partial charge in [-0.15, -0.1) is 0 Å². The van der Waals surface area contributed by atoms with Crippen molar-refractivity contribution in [1.82, 2.24) is 15.0 Å². The maximum atomic E-state index is 11.3. The van der Waals surface area contributed by atoms with Crippen molar-refractivity contribution in [2.45, 2.75) is 39.7 Å². The van der Waals surface area contributed by atoms with E-state index in [9.17, 15) is 4.79 Å². The van der Waals surface area contributed by atoms with Crippen LogP contribution in [0.4, 0.5) is 10.7 Å². The Labute approximate surface area is 159 Å². The number of methoxy groups -OCH3 is 1. The number of ether oxygens (including phenoxy) is 2. The highest BCUT2D eigenvalue weighted by molar-refractivity contribution is 5.82. The van der Waals surface area contributed by atoms with Crippen molar-refractivity contribution in [2.75, 3.05) is 19.0 Å². The van der Waals surface area contributed by atoms with E-state index in [4.69, 9.17) is 10.5 Å². The maximum Gasteiger partial charge on any atom is 0.413 e. The molecule has 2 rings (SSSR count). The molecule has 0 aliphatic heterocycles. The minimum absolute atomic E-state index is 0.157. The van der Waals surface area contributed by atoms with E-state index < -0.39 is 11.6 Å². The van der Waals surface area contributed by atoms with Crippen LogP contribution in [0.5, 0.6) is 5.88 Å². The number of hydrogen-bond acceptors (Lipinski definition) is 7. The van der Waals surface area contributed by atoms with Crippen molar-refractivity contribution in [3.63, 3.8) is 0 Å². The maximum absolute atomic E-state index is 11.3. The minimum Gasteiger partial charge on any atom is -0.476 e. The Balaban J connectivity index is 2.12. The van der Waals surface area contributed by atoms with Crippen LogP contribution in [0.2, 0.25) is 0 Å². The Kier molecular flexibility index (Phi) is 6.68. The van der Waals surface area contributed by atoms with Crippen LogP contribution in [-0.2, 0) is 4.74 Å². The van der Waals surface area contributed by atoms with Gasteiger partial charge in [0.1, 0.15) is 6.61 Å². The van der Waals surface area contributed by atoms with Crippen LogP contribution in [-0.4, -0.2) is 40.3 Å². The summed E-state index contributed by atoms with van der Waals surface area (Å²) in [6.07, 6.45) is 3.46. The molecule has 1 unspecified atom stereocenters. The molecule has 0 saturated carbocycles. The molecule has 3 N–H and O–H groups in total. The summed E-state index contributed by atoms with van der Waals surface area (Å²) >= 11 is 0. The molecule has 0 saturated heterocycles.